The summed E-state index contributed by atoms with van der Waals surface area (Å²) in [5.41, 5.74) is 2.42. The third-order valence-electron chi connectivity index (χ3n) is 4.77. The molecule has 36 heavy (non-hydrogen) atoms. The molecular weight excluding hydrogens is 444 g/mol. The Morgan fingerprint density at radius 1 is 0.472 bits per heavy atom. The summed E-state index contributed by atoms with van der Waals surface area (Å²) in [5, 5.41) is 0. The van der Waals surface area contributed by atoms with E-state index in [4.69, 9.17) is 14.2 Å². The van der Waals surface area contributed by atoms with Crippen LogP contribution in [0.2, 0.25) is 0 Å². The van der Waals surface area contributed by atoms with E-state index in [0.717, 1.165) is 0 Å². The number of hydrogen-bond acceptors (Lipinski definition) is 3. The van der Waals surface area contributed by atoms with E-state index in [1.54, 1.807) is 21.3 Å². The Hall–Kier alpha value is -0.120. The van der Waals surface area contributed by atoms with Gasteiger partial charge < -0.3 is 14.2 Å². The van der Waals surface area contributed by atoms with Gasteiger partial charge in [0.1, 0.15) is 0 Å². The molecule has 0 aromatic heterocycles. The number of rotatable bonds is 3. The van der Waals surface area contributed by atoms with E-state index in [1.165, 1.54) is 6.42 Å². The molecule has 0 unspecified atom stereocenters. The van der Waals surface area contributed by atoms with Gasteiger partial charge in [-0.15, -0.1) is 0 Å². The average molecular weight is 523 g/mol. The van der Waals surface area contributed by atoms with Crippen LogP contribution in [0.5, 0.6) is 0 Å². The molecule has 0 aromatic carbocycles. The Morgan fingerprint density at radius 3 is 0.611 bits per heavy atom. The fourth-order valence-electron chi connectivity index (χ4n) is 0.0833. The normalized spacial score (nSPS) is 12.2. The van der Waals surface area contributed by atoms with Gasteiger partial charge in [-0.05, 0) is 54.8 Å². The van der Waals surface area contributed by atoms with Crippen molar-refractivity contribution >= 4 is 0 Å². The predicted molar refractivity (Wildman–Crippen MR) is 169 cm³/mol. The molecule has 0 bridgehead atoms. The van der Waals surface area contributed by atoms with Crippen LogP contribution in [-0.2, 0) is 14.2 Å². The van der Waals surface area contributed by atoms with Crippen molar-refractivity contribution in [3.63, 3.8) is 0 Å². The minimum absolute atomic E-state index is 0.384. The Morgan fingerprint density at radius 2 is 0.611 bits per heavy atom. The molecule has 0 amide bonds. The van der Waals surface area contributed by atoms with Crippen LogP contribution >= 0.6 is 0 Å². The molecule has 0 aliphatic rings. The standard InChI is InChI=1S/C8H18.C6H14.C5H12O2.2C5H12.C4H10O/c1-7(2,3)8(4,5)6;1-5-6(2,3)4;1-5(2,6-3)7-4;2*1-5(2,3)4;1-4(2)5-3/h1-6H3;5H2,1-4H3;1-4H3;2*1-4H3;4H,1-3H3. The zero-order chi connectivity index (χ0) is 31.4. The van der Waals surface area contributed by atoms with Crippen LogP contribution in [0.3, 0.4) is 0 Å². The highest BCUT2D eigenvalue weighted by Crippen LogP contribution is 2.36. The van der Waals surface area contributed by atoms with Gasteiger partial charge in [0, 0.05) is 21.3 Å². The molecule has 3 nitrogen and oxygen atoms in total. The topological polar surface area (TPSA) is 27.7 Å². The van der Waals surface area contributed by atoms with Crippen molar-refractivity contribution in [3.05, 3.63) is 0 Å². The summed E-state index contributed by atoms with van der Waals surface area (Å²) in [4.78, 5) is 0. The van der Waals surface area contributed by atoms with Gasteiger partial charge in [-0.3, -0.25) is 0 Å². The summed E-state index contributed by atoms with van der Waals surface area (Å²) >= 11 is 0. The van der Waals surface area contributed by atoms with Crippen LogP contribution in [0, 0.1) is 27.1 Å². The van der Waals surface area contributed by atoms with Crippen LogP contribution in [0.15, 0.2) is 0 Å². The molecule has 0 rings (SSSR count). The van der Waals surface area contributed by atoms with E-state index in [9.17, 15) is 0 Å². The van der Waals surface area contributed by atoms with Crippen molar-refractivity contribution in [2.45, 2.75) is 171 Å². The first-order valence-corrected chi connectivity index (χ1v) is 13.8. The second-order valence-electron chi connectivity index (χ2n) is 16.5. The van der Waals surface area contributed by atoms with Gasteiger partial charge >= 0.3 is 0 Å². The summed E-state index contributed by atoms with van der Waals surface area (Å²) in [6, 6.07) is 0. The molecule has 0 heterocycles. The Bertz CT molecular complexity index is 386. The Balaban J connectivity index is -0.0000000758. The summed E-state index contributed by atoms with van der Waals surface area (Å²) < 4.78 is 14.5. The van der Waals surface area contributed by atoms with Gasteiger partial charge in [-0.25, -0.2) is 0 Å². The number of ether oxygens (including phenoxy) is 3. The molecule has 0 spiro atoms. The fourth-order valence-corrected chi connectivity index (χ4v) is 0.0833. The van der Waals surface area contributed by atoms with Gasteiger partial charge in [-0.1, -0.05) is 131 Å². The van der Waals surface area contributed by atoms with Crippen molar-refractivity contribution in [2.24, 2.45) is 27.1 Å². The summed E-state index contributed by atoms with van der Waals surface area (Å²) in [6.07, 6.45) is 1.66. The SMILES string of the molecule is CC(C)(C)C.CC(C)(C)C.CC(C)(C)C(C)(C)C.CCC(C)(C)C.COC(C)(C)OC.COC(C)C. The first-order chi connectivity index (χ1) is 15.2. The van der Waals surface area contributed by atoms with Gasteiger partial charge in [0.2, 0.25) is 0 Å². The summed E-state index contributed by atoms with van der Waals surface area (Å²) in [5.74, 6) is -0.417. The summed E-state index contributed by atoms with van der Waals surface area (Å²) in [7, 11) is 4.93. The lowest BCUT2D eigenvalue weighted by Gasteiger charge is -2.34. The van der Waals surface area contributed by atoms with Crippen LogP contribution < -0.4 is 0 Å². The van der Waals surface area contributed by atoms with Gasteiger partial charge in [-0.2, -0.15) is 0 Å². The van der Waals surface area contributed by atoms with Crippen LogP contribution in [-0.4, -0.2) is 33.2 Å². The molecule has 0 radical (unpaired) electrons. The molecule has 0 atom stereocenters. The molecule has 3 heteroatoms. The molecule has 0 aliphatic heterocycles. The second kappa shape index (κ2) is 21.8. The lowest BCUT2D eigenvalue weighted by Crippen LogP contribution is -2.25. The zero-order valence-corrected chi connectivity index (χ0v) is 30.5. The van der Waals surface area contributed by atoms with Crippen LogP contribution in [0.1, 0.15) is 159 Å². The maximum absolute atomic E-state index is 4.86. The largest absolute Gasteiger partial charge is 0.382 e. The first kappa shape index (κ1) is 48.9. The minimum atomic E-state index is -0.417. The maximum atomic E-state index is 4.86. The highest BCUT2D eigenvalue weighted by molar-refractivity contribution is 4.77. The second-order valence-corrected chi connectivity index (χ2v) is 16.5. The van der Waals surface area contributed by atoms with E-state index in [2.05, 4.69) is 125 Å². The lowest BCUT2D eigenvalue weighted by molar-refractivity contribution is -0.178. The quantitative estimate of drug-likeness (QED) is 0.345. The number of hydrogen-bond donors (Lipinski definition) is 0. The van der Waals surface area contributed by atoms with Gasteiger partial charge in [0.05, 0.1) is 6.10 Å². The molecule has 0 saturated heterocycles. The third-order valence-corrected chi connectivity index (χ3v) is 4.77. The van der Waals surface area contributed by atoms with Crippen molar-refractivity contribution in [1.82, 2.24) is 0 Å². The average Bonchev–Trinajstić information content (AvgIpc) is 2.58. The van der Waals surface area contributed by atoms with E-state index in [1.807, 2.05) is 27.7 Å². The maximum Gasteiger partial charge on any atom is 0.161 e. The van der Waals surface area contributed by atoms with Crippen LogP contribution in [0.25, 0.3) is 0 Å². The number of methoxy groups -OCH3 is 3. The van der Waals surface area contributed by atoms with E-state index < -0.39 is 5.79 Å². The van der Waals surface area contributed by atoms with Gasteiger partial charge in [0.25, 0.3) is 0 Å². The molecule has 0 saturated carbocycles. The third kappa shape index (κ3) is 92.7. The smallest absolute Gasteiger partial charge is 0.161 e. The Kier molecular flexibility index (Phi) is 29.6. The van der Waals surface area contributed by atoms with Crippen LogP contribution in [0.4, 0.5) is 0 Å². The highest BCUT2D eigenvalue weighted by Gasteiger charge is 2.26. The molecule has 0 aromatic rings. The molecule has 0 aliphatic carbocycles. The molecule has 0 N–H and O–H groups in total. The molecule has 228 valence electrons. The van der Waals surface area contributed by atoms with E-state index in [0.29, 0.717) is 33.2 Å². The van der Waals surface area contributed by atoms with E-state index in [-0.39, 0.29) is 0 Å². The first-order valence-electron chi connectivity index (χ1n) is 13.8. The van der Waals surface area contributed by atoms with Gasteiger partial charge in [0.15, 0.2) is 5.79 Å². The van der Waals surface area contributed by atoms with Crippen molar-refractivity contribution in [3.8, 4) is 0 Å². The monoisotopic (exact) mass is 523 g/mol. The predicted octanol–water partition coefficient (Wildman–Crippen LogP) is 11.7. The highest BCUT2D eigenvalue weighted by atomic mass is 16.7. The zero-order valence-electron chi connectivity index (χ0n) is 30.5. The molecular formula is C33H78O3. The van der Waals surface area contributed by atoms with Crippen molar-refractivity contribution in [1.29, 1.82) is 0 Å². The van der Waals surface area contributed by atoms with Crippen molar-refractivity contribution in [2.75, 3.05) is 21.3 Å². The fraction of sp³-hybridized carbons (Fsp3) is 1.00. The minimum Gasteiger partial charge on any atom is -0.382 e. The molecule has 0 fully saturated rings. The van der Waals surface area contributed by atoms with E-state index >= 15 is 0 Å². The van der Waals surface area contributed by atoms with Crippen molar-refractivity contribution < 1.29 is 14.2 Å². The summed E-state index contributed by atoms with van der Waals surface area (Å²) in [6.45, 7) is 47.8. The lowest BCUT2D eigenvalue weighted by atomic mass is 9.71. The Labute approximate surface area is 233 Å².